The molecule has 1 aromatic carbocycles. The van der Waals surface area contributed by atoms with E-state index in [4.69, 9.17) is 0 Å². The van der Waals surface area contributed by atoms with Crippen LogP contribution in [0.5, 0.6) is 0 Å². The molecule has 1 aromatic heterocycles. The summed E-state index contributed by atoms with van der Waals surface area (Å²) < 4.78 is 2.16. The fraction of sp³-hybridized carbons (Fsp3) is 0.500. The van der Waals surface area contributed by atoms with E-state index in [1.54, 1.807) is 0 Å². The third-order valence-electron chi connectivity index (χ3n) is 5.03. The van der Waals surface area contributed by atoms with E-state index in [2.05, 4.69) is 43.6 Å². The first-order valence-corrected chi connectivity index (χ1v) is 8.84. The number of aromatic nitrogens is 3. The first-order valence-electron chi connectivity index (χ1n) is 8.84. The van der Waals surface area contributed by atoms with Gasteiger partial charge in [-0.15, -0.1) is 10.2 Å². The van der Waals surface area contributed by atoms with E-state index >= 15 is 0 Å². The number of hydrogen-bond donors (Lipinski definition) is 2. The molecule has 1 unspecified atom stereocenters. The van der Waals surface area contributed by atoms with Gasteiger partial charge in [0.2, 0.25) is 0 Å². The molecule has 0 bridgehead atoms. The number of nitrogens with one attached hydrogen (secondary N) is 2. The molecule has 2 amide bonds. The summed E-state index contributed by atoms with van der Waals surface area (Å²) in [6.45, 7) is 1.38. The maximum Gasteiger partial charge on any atom is 0.315 e. The number of urea groups is 1. The number of nitrogens with zero attached hydrogens (tertiary/aromatic N) is 3. The second-order valence-corrected chi connectivity index (χ2v) is 6.61. The minimum absolute atomic E-state index is 0.108. The molecule has 1 aliphatic carbocycles. The predicted octanol–water partition coefficient (Wildman–Crippen LogP) is 2.49. The van der Waals surface area contributed by atoms with Crippen molar-refractivity contribution in [3.05, 3.63) is 47.0 Å². The molecule has 2 aliphatic rings. The van der Waals surface area contributed by atoms with Crippen molar-refractivity contribution in [3.63, 3.8) is 0 Å². The Morgan fingerprint density at radius 3 is 3.04 bits per heavy atom. The lowest BCUT2D eigenvalue weighted by atomic mass is 10.1. The van der Waals surface area contributed by atoms with Crippen LogP contribution in [0.4, 0.5) is 4.79 Å². The molecule has 0 spiro atoms. The molecule has 2 N–H and O–H groups in total. The Morgan fingerprint density at radius 1 is 1.17 bits per heavy atom. The minimum Gasteiger partial charge on any atom is -0.331 e. The summed E-state index contributed by atoms with van der Waals surface area (Å²) in [4.78, 5) is 12.3. The van der Waals surface area contributed by atoms with Gasteiger partial charge < -0.3 is 15.2 Å². The summed E-state index contributed by atoms with van der Waals surface area (Å²) in [6.07, 6.45) is 6.54. The Labute approximate surface area is 141 Å². The van der Waals surface area contributed by atoms with E-state index in [0.717, 1.165) is 43.9 Å². The van der Waals surface area contributed by atoms with Crippen molar-refractivity contribution in [2.75, 3.05) is 0 Å². The van der Waals surface area contributed by atoms with E-state index < -0.39 is 0 Å². The van der Waals surface area contributed by atoms with Crippen LogP contribution in [-0.4, -0.2) is 20.8 Å². The van der Waals surface area contributed by atoms with Gasteiger partial charge in [-0.05, 0) is 36.8 Å². The van der Waals surface area contributed by atoms with Crippen LogP contribution in [0.2, 0.25) is 0 Å². The second kappa shape index (κ2) is 6.63. The normalized spacial score (nSPS) is 19.2. The van der Waals surface area contributed by atoms with E-state index in [9.17, 15) is 4.79 Å². The van der Waals surface area contributed by atoms with Crippen LogP contribution in [0, 0.1) is 0 Å². The molecule has 0 fully saturated rings. The summed E-state index contributed by atoms with van der Waals surface area (Å²) in [5, 5.41) is 14.5. The zero-order chi connectivity index (χ0) is 16.4. The van der Waals surface area contributed by atoms with E-state index in [1.165, 1.54) is 24.0 Å². The van der Waals surface area contributed by atoms with Gasteiger partial charge in [-0.3, -0.25) is 0 Å². The zero-order valence-corrected chi connectivity index (χ0v) is 13.8. The highest BCUT2D eigenvalue weighted by atomic mass is 16.2. The summed E-state index contributed by atoms with van der Waals surface area (Å²) in [7, 11) is 0. The third kappa shape index (κ3) is 3.00. The van der Waals surface area contributed by atoms with Crippen LogP contribution in [0.1, 0.15) is 54.5 Å². The molecular formula is C18H23N5O. The van der Waals surface area contributed by atoms with Gasteiger partial charge in [0, 0.05) is 13.0 Å². The molecular weight excluding hydrogens is 302 g/mol. The van der Waals surface area contributed by atoms with Crippen LogP contribution < -0.4 is 10.6 Å². The number of aryl methyl sites for hydroxylation is 2. The Bertz CT molecular complexity index is 739. The number of amides is 2. The van der Waals surface area contributed by atoms with Gasteiger partial charge in [0.1, 0.15) is 5.82 Å². The fourth-order valence-corrected chi connectivity index (χ4v) is 3.75. The molecule has 6 nitrogen and oxygen atoms in total. The van der Waals surface area contributed by atoms with Gasteiger partial charge >= 0.3 is 6.03 Å². The van der Waals surface area contributed by atoms with Gasteiger partial charge in [0.15, 0.2) is 5.82 Å². The minimum atomic E-state index is -0.136. The molecule has 24 heavy (non-hydrogen) atoms. The molecule has 1 atom stereocenters. The highest BCUT2D eigenvalue weighted by molar-refractivity contribution is 5.74. The van der Waals surface area contributed by atoms with Crippen molar-refractivity contribution in [2.24, 2.45) is 0 Å². The number of carbonyl (C=O) groups excluding carboxylic acids is 1. The average molecular weight is 325 g/mol. The quantitative estimate of drug-likeness (QED) is 0.911. The van der Waals surface area contributed by atoms with Gasteiger partial charge in [-0.1, -0.05) is 30.7 Å². The molecule has 2 heterocycles. The van der Waals surface area contributed by atoms with E-state index in [0.29, 0.717) is 6.54 Å². The zero-order valence-electron chi connectivity index (χ0n) is 13.8. The topological polar surface area (TPSA) is 71.8 Å². The van der Waals surface area contributed by atoms with Gasteiger partial charge in [-0.2, -0.15) is 0 Å². The summed E-state index contributed by atoms with van der Waals surface area (Å²) in [5.41, 5.74) is 2.58. The lowest BCUT2D eigenvalue weighted by Crippen LogP contribution is -2.37. The summed E-state index contributed by atoms with van der Waals surface area (Å²) in [6, 6.07) is 8.30. The van der Waals surface area contributed by atoms with Crippen LogP contribution in [0.25, 0.3) is 0 Å². The van der Waals surface area contributed by atoms with Gasteiger partial charge in [0.05, 0.1) is 12.6 Å². The number of rotatable bonds is 3. The molecule has 0 saturated carbocycles. The van der Waals surface area contributed by atoms with E-state index in [1.807, 2.05) is 6.07 Å². The van der Waals surface area contributed by atoms with Crippen LogP contribution in [-0.2, 0) is 25.9 Å². The Hall–Kier alpha value is -2.37. The molecule has 2 aromatic rings. The van der Waals surface area contributed by atoms with Crippen molar-refractivity contribution in [2.45, 2.75) is 57.7 Å². The van der Waals surface area contributed by atoms with Crippen molar-refractivity contribution in [1.82, 2.24) is 25.4 Å². The molecule has 4 rings (SSSR count). The number of carbonyl (C=O) groups is 1. The smallest absolute Gasteiger partial charge is 0.315 e. The van der Waals surface area contributed by atoms with E-state index in [-0.39, 0.29) is 12.1 Å². The highest BCUT2D eigenvalue weighted by Crippen LogP contribution is 2.30. The molecule has 0 saturated heterocycles. The molecule has 1 aliphatic heterocycles. The number of hydrogen-bond acceptors (Lipinski definition) is 3. The largest absolute Gasteiger partial charge is 0.331 e. The van der Waals surface area contributed by atoms with Crippen molar-refractivity contribution < 1.29 is 4.79 Å². The van der Waals surface area contributed by atoms with Crippen molar-refractivity contribution in [3.8, 4) is 0 Å². The summed E-state index contributed by atoms with van der Waals surface area (Å²) in [5.74, 6) is 1.91. The molecule has 6 heteroatoms. The van der Waals surface area contributed by atoms with Crippen LogP contribution in [0.3, 0.4) is 0 Å². The van der Waals surface area contributed by atoms with Crippen LogP contribution in [0.15, 0.2) is 24.3 Å². The lowest BCUT2D eigenvalue weighted by molar-refractivity contribution is 0.236. The van der Waals surface area contributed by atoms with Gasteiger partial charge in [0.25, 0.3) is 0 Å². The van der Waals surface area contributed by atoms with Crippen molar-refractivity contribution >= 4 is 6.03 Å². The second-order valence-electron chi connectivity index (χ2n) is 6.61. The average Bonchev–Trinajstić information content (AvgIpc) is 3.10. The first kappa shape index (κ1) is 15.2. The van der Waals surface area contributed by atoms with Gasteiger partial charge in [-0.25, -0.2) is 4.79 Å². The predicted molar refractivity (Wildman–Crippen MR) is 90.5 cm³/mol. The van der Waals surface area contributed by atoms with Crippen LogP contribution >= 0.6 is 0 Å². The fourth-order valence-electron chi connectivity index (χ4n) is 3.75. The Morgan fingerprint density at radius 2 is 2.08 bits per heavy atom. The molecule has 126 valence electrons. The van der Waals surface area contributed by atoms with Crippen molar-refractivity contribution in [1.29, 1.82) is 0 Å². The number of fused-ring (bicyclic) bond motifs is 2. The third-order valence-corrected chi connectivity index (χ3v) is 5.03. The monoisotopic (exact) mass is 325 g/mol. The first-order chi connectivity index (χ1) is 11.8. The standard InChI is InChI=1S/C18H23N5O/c24-18(20-15-10-9-13-6-3-4-7-14(13)15)19-12-17-22-21-16-8-2-1-5-11-23(16)17/h3-4,6-7,15H,1-2,5,8-12H2,(H2,19,20,24). The highest BCUT2D eigenvalue weighted by Gasteiger charge is 2.23. The maximum atomic E-state index is 12.3. The summed E-state index contributed by atoms with van der Waals surface area (Å²) >= 11 is 0. The molecule has 0 radical (unpaired) electrons. The SMILES string of the molecule is O=C(NCc1nnc2n1CCCCC2)NC1CCc2ccccc21. The Balaban J connectivity index is 1.35. The number of benzene rings is 1. The Kier molecular flexibility index (Phi) is 4.19. The lowest BCUT2D eigenvalue weighted by Gasteiger charge is -2.15. The maximum absolute atomic E-state index is 12.3.